The Morgan fingerprint density at radius 2 is 1.69 bits per heavy atom. The first kappa shape index (κ1) is 29.9. The second-order valence-electron chi connectivity index (χ2n) is 9.70. The molecular weight excluding hydrogens is 512 g/mol. The first-order valence-corrected chi connectivity index (χ1v) is 12.8. The fourth-order valence-corrected chi connectivity index (χ4v) is 3.71. The predicted molar refractivity (Wildman–Crippen MR) is 140 cm³/mol. The van der Waals surface area contributed by atoms with Crippen molar-refractivity contribution in [1.82, 2.24) is 25.6 Å². The van der Waals surface area contributed by atoms with Crippen LogP contribution in [0.5, 0.6) is 0 Å². The summed E-state index contributed by atoms with van der Waals surface area (Å²) in [7, 11) is 0. The molecule has 3 rings (SSSR count). The number of anilines is 1. The monoisotopic (exact) mass is 548 g/mol. The molecule has 3 N–H and O–H groups in total. The SMILES string of the molecule is CC(C)(C)OC(=O)NCCOCCOCCOCCNc1cccc2nnn(C3CCC(=O)NC3=O)c(=O)c12. The Bertz CT molecular complexity index is 1200. The number of nitrogens with one attached hydrogen (secondary N) is 3. The van der Waals surface area contributed by atoms with Crippen LogP contribution < -0.4 is 21.5 Å². The molecule has 1 aliphatic rings. The van der Waals surface area contributed by atoms with E-state index in [4.69, 9.17) is 18.9 Å². The van der Waals surface area contributed by atoms with Crippen molar-refractivity contribution in [3.05, 3.63) is 28.6 Å². The van der Waals surface area contributed by atoms with Crippen LogP contribution in [0.25, 0.3) is 10.9 Å². The maximum Gasteiger partial charge on any atom is 0.407 e. The molecule has 214 valence electrons. The number of hydrogen-bond donors (Lipinski definition) is 3. The molecule has 14 nitrogen and oxygen atoms in total. The number of hydrogen-bond acceptors (Lipinski definition) is 11. The minimum Gasteiger partial charge on any atom is -0.444 e. The van der Waals surface area contributed by atoms with Crippen molar-refractivity contribution >= 4 is 34.5 Å². The van der Waals surface area contributed by atoms with E-state index in [1.165, 1.54) is 0 Å². The summed E-state index contributed by atoms with van der Waals surface area (Å²) in [5.74, 6) is -0.936. The molecule has 1 unspecified atom stereocenters. The Labute approximate surface area is 225 Å². The molecule has 0 spiro atoms. The van der Waals surface area contributed by atoms with Gasteiger partial charge in [0.15, 0.2) is 0 Å². The molecule has 1 aromatic heterocycles. The van der Waals surface area contributed by atoms with Crippen molar-refractivity contribution in [2.24, 2.45) is 0 Å². The molecule has 0 radical (unpaired) electrons. The zero-order chi connectivity index (χ0) is 28.3. The lowest BCUT2D eigenvalue weighted by Crippen LogP contribution is -2.45. The topological polar surface area (TPSA) is 172 Å². The molecule has 2 heterocycles. The Morgan fingerprint density at radius 3 is 2.36 bits per heavy atom. The highest BCUT2D eigenvalue weighted by molar-refractivity contribution is 5.99. The number of carbonyl (C=O) groups is 3. The minimum absolute atomic E-state index is 0.129. The van der Waals surface area contributed by atoms with Crippen molar-refractivity contribution < 1.29 is 33.3 Å². The third-order valence-corrected chi connectivity index (χ3v) is 5.44. The van der Waals surface area contributed by atoms with E-state index in [1.54, 1.807) is 39.0 Å². The summed E-state index contributed by atoms with van der Waals surface area (Å²) in [6.07, 6.45) is -0.162. The summed E-state index contributed by atoms with van der Waals surface area (Å²) in [4.78, 5) is 48.3. The molecule has 39 heavy (non-hydrogen) atoms. The summed E-state index contributed by atoms with van der Waals surface area (Å²) < 4.78 is 22.6. The van der Waals surface area contributed by atoms with Gasteiger partial charge in [-0.25, -0.2) is 4.79 Å². The van der Waals surface area contributed by atoms with Gasteiger partial charge < -0.3 is 29.6 Å². The van der Waals surface area contributed by atoms with Gasteiger partial charge in [0.05, 0.1) is 45.0 Å². The summed E-state index contributed by atoms with van der Waals surface area (Å²) in [5, 5.41) is 16.3. The molecule has 0 saturated carbocycles. The average Bonchev–Trinajstić information content (AvgIpc) is 2.86. The summed E-state index contributed by atoms with van der Waals surface area (Å²) in [6.45, 7) is 8.43. The number of piperidine rings is 1. The van der Waals surface area contributed by atoms with E-state index in [9.17, 15) is 19.2 Å². The normalized spacial score (nSPS) is 15.7. The van der Waals surface area contributed by atoms with E-state index in [-0.39, 0.29) is 18.7 Å². The molecule has 1 fully saturated rings. The van der Waals surface area contributed by atoms with E-state index < -0.39 is 29.2 Å². The molecule has 1 saturated heterocycles. The highest BCUT2D eigenvalue weighted by atomic mass is 16.6. The summed E-state index contributed by atoms with van der Waals surface area (Å²) in [6, 6.07) is 4.27. The van der Waals surface area contributed by atoms with Crippen LogP contribution in [0.15, 0.2) is 23.0 Å². The quantitative estimate of drug-likeness (QED) is 0.225. The van der Waals surface area contributed by atoms with E-state index in [1.807, 2.05) is 0 Å². The largest absolute Gasteiger partial charge is 0.444 e. The molecule has 14 heteroatoms. The number of amides is 3. The number of rotatable bonds is 14. The Hall–Kier alpha value is -3.62. The molecule has 3 amide bonds. The minimum atomic E-state index is -0.886. The van der Waals surface area contributed by atoms with Gasteiger partial charge in [0.25, 0.3) is 11.5 Å². The molecule has 2 aromatic rings. The van der Waals surface area contributed by atoms with Crippen LogP contribution in [0.1, 0.15) is 39.7 Å². The first-order valence-electron chi connectivity index (χ1n) is 12.8. The number of aromatic nitrogens is 3. The third-order valence-electron chi connectivity index (χ3n) is 5.44. The van der Waals surface area contributed by atoms with Crippen molar-refractivity contribution in [3.8, 4) is 0 Å². The molecule has 1 atom stereocenters. The lowest BCUT2D eigenvalue weighted by atomic mass is 10.1. The highest BCUT2D eigenvalue weighted by Crippen LogP contribution is 2.20. The van der Waals surface area contributed by atoms with Gasteiger partial charge in [-0.05, 0) is 39.3 Å². The third kappa shape index (κ3) is 9.57. The van der Waals surface area contributed by atoms with Crippen LogP contribution in [0.2, 0.25) is 0 Å². The van der Waals surface area contributed by atoms with Gasteiger partial charge in [-0.15, -0.1) is 5.10 Å². The van der Waals surface area contributed by atoms with Crippen LogP contribution in [-0.4, -0.2) is 91.2 Å². The van der Waals surface area contributed by atoms with Gasteiger partial charge in [-0.3, -0.25) is 19.7 Å². The van der Waals surface area contributed by atoms with Gasteiger partial charge in [-0.1, -0.05) is 11.3 Å². The molecule has 0 bridgehead atoms. The number of ether oxygens (including phenoxy) is 4. The maximum absolute atomic E-state index is 13.1. The second-order valence-corrected chi connectivity index (χ2v) is 9.70. The van der Waals surface area contributed by atoms with Crippen LogP contribution in [-0.2, 0) is 28.5 Å². The molecule has 1 aromatic carbocycles. The Balaban J connectivity index is 1.32. The number of benzene rings is 1. The van der Waals surface area contributed by atoms with Crippen molar-refractivity contribution in [2.75, 3.05) is 58.0 Å². The van der Waals surface area contributed by atoms with Crippen molar-refractivity contribution in [3.63, 3.8) is 0 Å². The molecule has 0 aliphatic carbocycles. The van der Waals surface area contributed by atoms with Crippen LogP contribution in [0.3, 0.4) is 0 Å². The lowest BCUT2D eigenvalue weighted by molar-refractivity contribution is -0.136. The van der Waals surface area contributed by atoms with E-state index >= 15 is 0 Å². The van der Waals surface area contributed by atoms with Crippen LogP contribution >= 0.6 is 0 Å². The van der Waals surface area contributed by atoms with Gasteiger partial charge in [0.2, 0.25) is 5.91 Å². The number of carbonyl (C=O) groups excluding carboxylic acids is 3. The van der Waals surface area contributed by atoms with Crippen molar-refractivity contribution in [1.29, 1.82) is 0 Å². The maximum atomic E-state index is 13.1. The number of alkyl carbamates (subject to hydrolysis) is 1. The zero-order valence-corrected chi connectivity index (χ0v) is 22.5. The molecule has 1 aliphatic heterocycles. The van der Waals surface area contributed by atoms with Gasteiger partial charge in [0, 0.05) is 25.2 Å². The Morgan fingerprint density at radius 1 is 1.03 bits per heavy atom. The van der Waals surface area contributed by atoms with Gasteiger partial charge in [-0.2, -0.15) is 4.68 Å². The zero-order valence-electron chi connectivity index (χ0n) is 22.5. The molecular formula is C25H36N6O8. The second kappa shape index (κ2) is 14.5. The van der Waals surface area contributed by atoms with Crippen molar-refractivity contribution in [2.45, 2.75) is 45.3 Å². The van der Waals surface area contributed by atoms with E-state index in [0.717, 1.165) is 4.68 Å². The predicted octanol–water partition coefficient (Wildman–Crippen LogP) is 0.756. The number of nitrogens with zero attached hydrogens (tertiary/aromatic N) is 3. The fourth-order valence-electron chi connectivity index (χ4n) is 3.71. The average molecular weight is 549 g/mol. The number of imide groups is 1. The lowest BCUT2D eigenvalue weighted by Gasteiger charge is -2.21. The number of fused-ring (bicyclic) bond motifs is 1. The van der Waals surface area contributed by atoms with E-state index in [2.05, 4.69) is 26.3 Å². The van der Waals surface area contributed by atoms with Crippen LogP contribution in [0.4, 0.5) is 10.5 Å². The van der Waals surface area contributed by atoms with Gasteiger partial charge in [0.1, 0.15) is 17.2 Å². The smallest absolute Gasteiger partial charge is 0.407 e. The van der Waals surface area contributed by atoms with Gasteiger partial charge >= 0.3 is 6.09 Å². The summed E-state index contributed by atoms with van der Waals surface area (Å²) in [5.41, 5.74) is -0.0579. The summed E-state index contributed by atoms with van der Waals surface area (Å²) >= 11 is 0. The fraction of sp³-hybridized carbons (Fsp3) is 0.600. The van der Waals surface area contributed by atoms with Crippen LogP contribution in [0, 0.1) is 0 Å². The standard InChI is InChI=1S/C25H36N6O8/c1-25(2,3)39-24(35)27-10-12-37-14-16-38-15-13-36-11-9-26-17-5-4-6-18-21(17)23(34)31(30-29-18)19-7-8-20(32)28-22(19)33/h4-6,19,26H,7-16H2,1-3H3,(H,27,35)(H,28,32,33). The highest BCUT2D eigenvalue weighted by Gasteiger charge is 2.30. The first-order chi connectivity index (χ1) is 18.7. The Kier molecular flexibility index (Phi) is 11.1. The van der Waals surface area contributed by atoms with E-state index in [0.29, 0.717) is 69.3 Å².